The number of anilines is 1. The van der Waals surface area contributed by atoms with Gasteiger partial charge in [-0.15, -0.1) is 0 Å². The van der Waals surface area contributed by atoms with Gasteiger partial charge in [-0.05, 0) is 25.0 Å². The Hall–Kier alpha value is -2.01. The molecule has 1 unspecified atom stereocenters. The monoisotopic (exact) mass is 289 g/mol. The van der Waals surface area contributed by atoms with Crippen molar-refractivity contribution in [3.8, 4) is 5.75 Å². The van der Waals surface area contributed by atoms with Crippen LogP contribution < -0.4 is 10.1 Å². The van der Waals surface area contributed by atoms with Crippen molar-refractivity contribution in [2.24, 2.45) is 0 Å². The Morgan fingerprint density at radius 2 is 2.10 bits per heavy atom. The van der Waals surface area contributed by atoms with Crippen LogP contribution in [0, 0.1) is 0 Å². The number of para-hydroxylation sites is 1. The Kier molecular flexibility index (Phi) is 5.63. The molecule has 0 aliphatic carbocycles. The fraction of sp³-hybridized carbons (Fsp3) is 0.438. The molecule has 21 heavy (non-hydrogen) atoms. The van der Waals surface area contributed by atoms with E-state index in [2.05, 4.69) is 23.4 Å². The second-order valence-corrected chi connectivity index (χ2v) is 5.05. The molecule has 0 aliphatic rings. The molecule has 0 bridgehead atoms. The van der Waals surface area contributed by atoms with Crippen LogP contribution in [0.2, 0.25) is 0 Å². The Balaban J connectivity index is 1.92. The van der Waals surface area contributed by atoms with Gasteiger partial charge < -0.3 is 14.8 Å². The number of nitrogens with zero attached hydrogens (tertiary/aromatic N) is 2. The minimum atomic E-state index is 0.293. The van der Waals surface area contributed by atoms with Gasteiger partial charge in [-0.25, -0.2) is 0 Å². The van der Waals surface area contributed by atoms with E-state index < -0.39 is 0 Å². The van der Waals surface area contributed by atoms with Crippen LogP contribution in [0.1, 0.15) is 12.5 Å². The normalized spacial score (nSPS) is 12.1. The molecule has 1 atom stereocenters. The van der Waals surface area contributed by atoms with Crippen LogP contribution >= 0.6 is 0 Å². The SMILES string of the molecule is COCCn1cc(NC(C)Cc2ccccc2OC)cn1. The minimum Gasteiger partial charge on any atom is -0.496 e. The predicted molar refractivity (Wildman–Crippen MR) is 83.9 cm³/mol. The van der Waals surface area contributed by atoms with Gasteiger partial charge >= 0.3 is 0 Å². The molecule has 1 N–H and O–H groups in total. The Morgan fingerprint density at radius 3 is 2.86 bits per heavy atom. The van der Waals surface area contributed by atoms with Gasteiger partial charge in [0.15, 0.2) is 0 Å². The van der Waals surface area contributed by atoms with Crippen LogP contribution in [0.15, 0.2) is 36.7 Å². The number of ether oxygens (including phenoxy) is 2. The van der Waals surface area contributed by atoms with E-state index in [4.69, 9.17) is 9.47 Å². The number of aromatic nitrogens is 2. The van der Waals surface area contributed by atoms with Crippen LogP contribution in [-0.4, -0.2) is 36.6 Å². The highest BCUT2D eigenvalue weighted by molar-refractivity contribution is 5.41. The summed E-state index contributed by atoms with van der Waals surface area (Å²) in [5.74, 6) is 0.932. The number of methoxy groups -OCH3 is 2. The molecule has 2 rings (SSSR count). The lowest BCUT2D eigenvalue weighted by Crippen LogP contribution is -2.18. The van der Waals surface area contributed by atoms with Gasteiger partial charge in [0, 0.05) is 19.3 Å². The summed E-state index contributed by atoms with van der Waals surface area (Å²) in [5, 5.41) is 7.76. The summed E-state index contributed by atoms with van der Waals surface area (Å²) in [6.45, 7) is 3.58. The fourth-order valence-corrected chi connectivity index (χ4v) is 2.28. The van der Waals surface area contributed by atoms with Crippen molar-refractivity contribution in [2.75, 3.05) is 26.1 Å². The Labute approximate surface area is 125 Å². The zero-order valence-corrected chi connectivity index (χ0v) is 12.9. The molecule has 0 aliphatic heterocycles. The van der Waals surface area contributed by atoms with Crippen molar-refractivity contribution in [1.82, 2.24) is 9.78 Å². The maximum absolute atomic E-state index is 5.39. The van der Waals surface area contributed by atoms with Crippen molar-refractivity contribution < 1.29 is 9.47 Å². The first-order valence-electron chi connectivity index (χ1n) is 7.12. The average Bonchev–Trinajstić information content (AvgIpc) is 2.93. The van der Waals surface area contributed by atoms with Gasteiger partial charge in [0.25, 0.3) is 0 Å². The lowest BCUT2D eigenvalue weighted by molar-refractivity contribution is 0.183. The summed E-state index contributed by atoms with van der Waals surface area (Å²) in [7, 11) is 3.40. The number of hydrogen-bond donors (Lipinski definition) is 1. The second-order valence-electron chi connectivity index (χ2n) is 5.05. The maximum Gasteiger partial charge on any atom is 0.122 e. The van der Waals surface area contributed by atoms with E-state index in [9.17, 15) is 0 Å². The summed E-state index contributed by atoms with van der Waals surface area (Å²) < 4.78 is 12.3. The van der Waals surface area contributed by atoms with E-state index in [0.29, 0.717) is 12.6 Å². The highest BCUT2D eigenvalue weighted by atomic mass is 16.5. The first-order chi connectivity index (χ1) is 10.2. The van der Waals surface area contributed by atoms with E-state index in [-0.39, 0.29) is 0 Å². The van der Waals surface area contributed by atoms with E-state index in [1.54, 1.807) is 14.2 Å². The molecule has 5 heteroatoms. The Bertz CT molecular complexity index is 554. The summed E-state index contributed by atoms with van der Waals surface area (Å²) >= 11 is 0. The van der Waals surface area contributed by atoms with Gasteiger partial charge in [0.05, 0.1) is 32.1 Å². The van der Waals surface area contributed by atoms with Crippen LogP contribution in [0.25, 0.3) is 0 Å². The van der Waals surface area contributed by atoms with Crippen LogP contribution in [-0.2, 0) is 17.7 Å². The topological polar surface area (TPSA) is 48.3 Å². The molecular weight excluding hydrogens is 266 g/mol. The van der Waals surface area contributed by atoms with E-state index in [0.717, 1.165) is 24.4 Å². The third-order valence-electron chi connectivity index (χ3n) is 3.29. The zero-order valence-electron chi connectivity index (χ0n) is 12.9. The first-order valence-corrected chi connectivity index (χ1v) is 7.12. The summed E-state index contributed by atoms with van der Waals surface area (Å²) in [6, 6.07) is 8.40. The van der Waals surface area contributed by atoms with Crippen LogP contribution in [0.4, 0.5) is 5.69 Å². The molecule has 0 radical (unpaired) electrons. The van der Waals surface area contributed by atoms with Crippen LogP contribution in [0.5, 0.6) is 5.75 Å². The molecule has 0 saturated carbocycles. The summed E-state index contributed by atoms with van der Waals surface area (Å²) in [4.78, 5) is 0. The lowest BCUT2D eigenvalue weighted by atomic mass is 10.1. The molecule has 0 saturated heterocycles. The highest BCUT2D eigenvalue weighted by Gasteiger charge is 2.09. The molecule has 5 nitrogen and oxygen atoms in total. The molecule has 0 spiro atoms. The maximum atomic E-state index is 5.39. The fourth-order valence-electron chi connectivity index (χ4n) is 2.28. The Morgan fingerprint density at radius 1 is 1.29 bits per heavy atom. The summed E-state index contributed by atoms with van der Waals surface area (Å²) in [5.41, 5.74) is 2.22. The van der Waals surface area contributed by atoms with Gasteiger partial charge in [-0.3, -0.25) is 4.68 Å². The van der Waals surface area contributed by atoms with E-state index >= 15 is 0 Å². The molecule has 1 aromatic carbocycles. The highest BCUT2D eigenvalue weighted by Crippen LogP contribution is 2.20. The predicted octanol–water partition coefficient (Wildman–Crippen LogP) is 2.58. The van der Waals surface area contributed by atoms with Gasteiger partial charge in [-0.2, -0.15) is 5.10 Å². The zero-order chi connectivity index (χ0) is 15.1. The van der Waals surface area contributed by atoms with E-state index in [1.807, 2.05) is 35.3 Å². The lowest BCUT2D eigenvalue weighted by Gasteiger charge is -2.15. The molecule has 0 fully saturated rings. The van der Waals surface area contributed by atoms with Gasteiger partial charge in [0.2, 0.25) is 0 Å². The number of hydrogen-bond acceptors (Lipinski definition) is 4. The third-order valence-corrected chi connectivity index (χ3v) is 3.29. The standard InChI is InChI=1S/C16H23N3O2/c1-13(10-14-6-4-5-7-16(14)21-3)18-15-11-17-19(12-15)8-9-20-2/h4-7,11-13,18H,8-10H2,1-3H3. The largest absolute Gasteiger partial charge is 0.496 e. The van der Waals surface area contributed by atoms with Gasteiger partial charge in [0.1, 0.15) is 5.75 Å². The molecule has 1 aromatic heterocycles. The average molecular weight is 289 g/mol. The number of benzene rings is 1. The number of nitrogens with one attached hydrogen (secondary N) is 1. The van der Waals surface area contributed by atoms with Crippen molar-refractivity contribution in [2.45, 2.75) is 25.9 Å². The molecular formula is C16H23N3O2. The molecule has 2 aromatic rings. The minimum absolute atomic E-state index is 0.293. The van der Waals surface area contributed by atoms with E-state index in [1.165, 1.54) is 5.56 Å². The van der Waals surface area contributed by atoms with Gasteiger partial charge in [-0.1, -0.05) is 18.2 Å². The van der Waals surface area contributed by atoms with Crippen molar-refractivity contribution in [3.05, 3.63) is 42.2 Å². The van der Waals surface area contributed by atoms with Crippen molar-refractivity contribution in [3.63, 3.8) is 0 Å². The molecule has 0 amide bonds. The van der Waals surface area contributed by atoms with Crippen LogP contribution in [0.3, 0.4) is 0 Å². The second kappa shape index (κ2) is 7.69. The third kappa shape index (κ3) is 4.49. The quantitative estimate of drug-likeness (QED) is 0.811. The summed E-state index contributed by atoms with van der Waals surface area (Å²) in [6.07, 6.45) is 4.74. The smallest absolute Gasteiger partial charge is 0.122 e. The van der Waals surface area contributed by atoms with Crippen molar-refractivity contribution in [1.29, 1.82) is 0 Å². The number of rotatable bonds is 8. The molecule has 114 valence electrons. The first kappa shape index (κ1) is 15.4. The van der Waals surface area contributed by atoms with Crippen molar-refractivity contribution >= 4 is 5.69 Å². The molecule has 1 heterocycles.